The monoisotopic (exact) mass is 259 g/mol. The van der Waals surface area contributed by atoms with Crippen LogP contribution in [-0.4, -0.2) is 36.1 Å². The molecule has 1 aliphatic heterocycles. The molecule has 0 spiro atoms. The summed E-state index contributed by atoms with van der Waals surface area (Å²) in [6.45, 7) is -0.844. The second kappa shape index (κ2) is 4.27. The first-order chi connectivity index (χ1) is 10.5. The number of benzene rings is 1. The molecule has 1 aliphatic carbocycles. The summed E-state index contributed by atoms with van der Waals surface area (Å²) in [6.07, 6.45) is 4.24. The van der Waals surface area contributed by atoms with Gasteiger partial charge in [0, 0.05) is 46.3 Å². The summed E-state index contributed by atoms with van der Waals surface area (Å²) in [6, 6.07) is 6.21. The number of nitrogens with one attached hydrogen (secondary N) is 1. The molecular weight excluding hydrogens is 236 g/mol. The topological polar surface area (TPSA) is 28.3 Å². The zero-order valence-corrected chi connectivity index (χ0v) is 10.9. The smallest absolute Gasteiger partial charge is 0.121 e. The first kappa shape index (κ1) is 8.64. The Balaban J connectivity index is 1.62. The minimum Gasteiger partial charge on any atom is -0.490 e. The molecule has 19 heavy (non-hydrogen) atoms. The number of nitrogens with zero attached hydrogens (tertiary/aromatic N) is 1. The lowest BCUT2D eigenvalue weighted by Gasteiger charge is -2.11. The third-order valence-electron chi connectivity index (χ3n) is 4.06. The van der Waals surface area contributed by atoms with Crippen LogP contribution in [0.25, 0.3) is 10.9 Å². The average Bonchev–Trinajstić information content (AvgIpc) is 3.22. The van der Waals surface area contributed by atoms with Crippen molar-refractivity contribution < 1.29 is 8.85 Å². The van der Waals surface area contributed by atoms with Crippen molar-refractivity contribution in [1.82, 2.24) is 9.88 Å². The van der Waals surface area contributed by atoms with Gasteiger partial charge in [0.25, 0.3) is 0 Å². The average molecular weight is 259 g/mol. The van der Waals surface area contributed by atoms with E-state index in [1.807, 2.05) is 6.07 Å². The molecule has 2 heterocycles. The normalized spacial score (nSPS) is 23.3. The van der Waals surface area contributed by atoms with Crippen molar-refractivity contribution in [2.24, 2.45) is 0 Å². The molecule has 0 amide bonds. The van der Waals surface area contributed by atoms with E-state index < -0.39 is 6.98 Å². The maximum Gasteiger partial charge on any atom is 0.121 e. The summed E-state index contributed by atoms with van der Waals surface area (Å²) < 4.78 is 28.6. The van der Waals surface area contributed by atoms with Crippen molar-refractivity contribution in [2.45, 2.75) is 31.8 Å². The Hall–Kier alpha value is -1.48. The lowest BCUT2D eigenvalue weighted by molar-refractivity contribution is 0.303. The van der Waals surface area contributed by atoms with Crippen LogP contribution in [-0.2, 0) is 12.8 Å². The SMILES string of the molecule is [2H]C([2H])([2H])N1CCc2[nH]c3cc(OC4CC4)ccc3c2CC1. The molecule has 0 saturated heterocycles. The summed E-state index contributed by atoms with van der Waals surface area (Å²) in [7, 11) is 0. The highest BCUT2D eigenvalue weighted by molar-refractivity contribution is 5.86. The van der Waals surface area contributed by atoms with Gasteiger partial charge in [-0.05, 0) is 43.9 Å². The molecule has 0 atom stereocenters. The van der Waals surface area contributed by atoms with E-state index in [0.29, 0.717) is 19.2 Å². The molecule has 2 aromatic rings. The van der Waals surface area contributed by atoms with E-state index in [1.54, 1.807) is 4.90 Å². The van der Waals surface area contributed by atoms with Crippen LogP contribution in [0.4, 0.5) is 0 Å². The zero-order chi connectivity index (χ0) is 15.3. The highest BCUT2D eigenvalue weighted by atomic mass is 16.5. The van der Waals surface area contributed by atoms with Crippen molar-refractivity contribution in [3.8, 4) is 5.75 Å². The van der Waals surface area contributed by atoms with Crippen molar-refractivity contribution in [3.05, 3.63) is 29.5 Å². The summed E-state index contributed by atoms with van der Waals surface area (Å²) in [5, 5.41) is 1.20. The fraction of sp³-hybridized carbons (Fsp3) is 0.500. The Kier molecular flexibility index (Phi) is 1.94. The van der Waals surface area contributed by atoms with Crippen LogP contribution in [0, 0.1) is 0 Å². The molecule has 1 aromatic heterocycles. The number of aromatic amines is 1. The van der Waals surface area contributed by atoms with Gasteiger partial charge in [-0.1, -0.05) is 0 Å². The molecule has 1 aromatic carbocycles. The molecule has 0 unspecified atom stereocenters. The molecule has 3 heteroatoms. The molecule has 2 aliphatic rings. The zero-order valence-electron chi connectivity index (χ0n) is 13.9. The second-order valence-electron chi connectivity index (χ2n) is 5.59. The number of H-pyrrole nitrogens is 1. The van der Waals surface area contributed by atoms with E-state index in [4.69, 9.17) is 8.85 Å². The third kappa shape index (κ3) is 2.12. The Morgan fingerprint density at radius 3 is 3.05 bits per heavy atom. The van der Waals surface area contributed by atoms with E-state index in [-0.39, 0.29) is 0 Å². The molecule has 1 fully saturated rings. The minimum absolute atomic E-state index is 0.401. The fourth-order valence-electron chi connectivity index (χ4n) is 2.85. The highest BCUT2D eigenvalue weighted by Crippen LogP contribution is 2.31. The largest absolute Gasteiger partial charge is 0.490 e. The molecule has 4 rings (SSSR count). The fourth-order valence-corrected chi connectivity index (χ4v) is 2.85. The predicted molar refractivity (Wildman–Crippen MR) is 76.9 cm³/mol. The predicted octanol–water partition coefficient (Wildman–Crippen LogP) is 2.74. The van der Waals surface area contributed by atoms with Gasteiger partial charge in [0.15, 0.2) is 0 Å². The maximum absolute atomic E-state index is 7.58. The van der Waals surface area contributed by atoms with Gasteiger partial charge in [-0.25, -0.2) is 0 Å². The summed E-state index contributed by atoms with van der Waals surface area (Å²) >= 11 is 0. The van der Waals surface area contributed by atoms with Gasteiger partial charge in [0.05, 0.1) is 6.10 Å². The summed E-state index contributed by atoms with van der Waals surface area (Å²) in [5.41, 5.74) is 3.54. The summed E-state index contributed by atoms with van der Waals surface area (Å²) in [4.78, 5) is 5.07. The molecule has 1 N–H and O–H groups in total. The Morgan fingerprint density at radius 2 is 2.21 bits per heavy atom. The molecule has 3 nitrogen and oxygen atoms in total. The molecule has 1 saturated carbocycles. The van der Waals surface area contributed by atoms with Gasteiger partial charge < -0.3 is 14.6 Å². The number of aromatic nitrogens is 1. The number of hydrogen-bond acceptors (Lipinski definition) is 2. The first-order valence-electron chi connectivity index (χ1n) is 8.56. The summed E-state index contributed by atoms with van der Waals surface area (Å²) in [5.74, 6) is 0.926. The third-order valence-corrected chi connectivity index (χ3v) is 4.06. The molecular formula is C16H20N2O. The van der Waals surface area contributed by atoms with E-state index in [9.17, 15) is 0 Å². The van der Waals surface area contributed by atoms with Gasteiger partial charge in [-0.2, -0.15) is 0 Å². The van der Waals surface area contributed by atoms with Crippen LogP contribution in [0.5, 0.6) is 5.75 Å². The minimum atomic E-state index is -2.00. The van der Waals surface area contributed by atoms with E-state index in [2.05, 4.69) is 17.1 Å². The van der Waals surface area contributed by atoms with Crippen LogP contribution in [0.3, 0.4) is 0 Å². The lowest BCUT2D eigenvalue weighted by Crippen LogP contribution is -2.21. The molecule has 0 radical (unpaired) electrons. The maximum atomic E-state index is 7.58. The number of ether oxygens (including phenoxy) is 1. The standard InChI is InChI=1S/C16H20N2O/c1-18-8-6-14-13-5-4-12(19-11-2-3-11)10-16(13)17-15(14)7-9-18/h4-5,10-11,17H,2-3,6-9H2,1H3/i1D3. The molecule has 100 valence electrons. The van der Waals surface area contributed by atoms with Crippen LogP contribution >= 0.6 is 0 Å². The van der Waals surface area contributed by atoms with Gasteiger partial charge >= 0.3 is 0 Å². The van der Waals surface area contributed by atoms with E-state index >= 15 is 0 Å². The highest BCUT2D eigenvalue weighted by Gasteiger charge is 2.24. The van der Waals surface area contributed by atoms with Crippen LogP contribution in [0.2, 0.25) is 0 Å². The number of rotatable bonds is 2. The van der Waals surface area contributed by atoms with Crippen LogP contribution < -0.4 is 4.74 Å². The number of fused-ring (bicyclic) bond motifs is 3. The number of likely N-dealkylation sites (N-methyl/N-ethyl adjacent to an activating group) is 1. The Morgan fingerprint density at radius 1 is 1.32 bits per heavy atom. The number of hydrogen-bond donors (Lipinski definition) is 1. The van der Waals surface area contributed by atoms with Crippen LogP contribution in [0.15, 0.2) is 18.2 Å². The molecule has 0 bridgehead atoms. The van der Waals surface area contributed by atoms with Crippen LogP contribution in [0.1, 0.15) is 28.2 Å². The van der Waals surface area contributed by atoms with Gasteiger partial charge in [-0.3, -0.25) is 0 Å². The Bertz CT molecular complexity index is 703. The van der Waals surface area contributed by atoms with E-state index in [0.717, 1.165) is 36.9 Å². The van der Waals surface area contributed by atoms with Crippen molar-refractivity contribution >= 4 is 10.9 Å². The van der Waals surface area contributed by atoms with Crippen molar-refractivity contribution in [2.75, 3.05) is 20.1 Å². The first-order valence-corrected chi connectivity index (χ1v) is 7.06. The van der Waals surface area contributed by atoms with Gasteiger partial charge in [0.1, 0.15) is 5.75 Å². The quantitative estimate of drug-likeness (QED) is 0.898. The second-order valence-corrected chi connectivity index (χ2v) is 5.59. The lowest BCUT2D eigenvalue weighted by atomic mass is 10.1. The van der Waals surface area contributed by atoms with E-state index in [1.165, 1.54) is 16.6 Å². The van der Waals surface area contributed by atoms with Gasteiger partial charge in [-0.15, -0.1) is 0 Å². The van der Waals surface area contributed by atoms with Crippen molar-refractivity contribution in [1.29, 1.82) is 0 Å². The van der Waals surface area contributed by atoms with Crippen molar-refractivity contribution in [3.63, 3.8) is 0 Å². The Labute approximate surface area is 117 Å². The van der Waals surface area contributed by atoms with Gasteiger partial charge in [0.2, 0.25) is 0 Å².